The molecule has 1 heterocycles. The topological polar surface area (TPSA) is 0 Å². The molecular weight excluding hydrogens is 252 g/mol. The largest absolute Gasteiger partial charge is 0.416 e. The highest BCUT2D eigenvalue weighted by Gasteiger charge is 2.31. The molecule has 0 aliphatic carbocycles. The van der Waals surface area contributed by atoms with Crippen LogP contribution in [0.3, 0.4) is 0 Å². The van der Waals surface area contributed by atoms with Crippen molar-refractivity contribution in [1.82, 2.24) is 0 Å². The molecule has 2 aromatic rings. The summed E-state index contributed by atoms with van der Waals surface area (Å²) in [5.74, 6) is -0.846. The Morgan fingerprint density at radius 3 is 2.24 bits per heavy atom. The maximum absolute atomic E-state index is 13.6. The SMILES string of the molecule is Cc1ccc(-c2ccc(C(F)(F)F)cc2F)s1. The van der Waals surface area contributed by atoms with E-state index in [1.54, 1.807) is 12.1 Å². The molecule has 0 bridgehead atoms. The summed E-state index contributed by atoms with van der Waals surface area (Å²) in [4.78, 5) is 1.62. The van der Waals surface area contributed by atoms with Gasteiger partial charge in [-0.1, -0.05) is 6.07 Å². The van der Waals surface area contributed by atoms with E-state index in [1.807, 2.05) is 6.92 Å². The lowest BCUT2D eigenvalue weighted by molar-refractivity contribution is -0.137. The molecule has 0 saturated carbocycles. The zero-order valence-electron chi connectivity index (χ0n) is 8.81. The second-order valence-corrected chi connectivity index (χ2v) is 4.89. The average Bonchev–Trinajstić information content (AvgIpc) is 2.63. The third-order valence-corrected chi connectivity index (χ3v) is 3.34. The van der Waals surface area contributed by atoms with Crippen LogP contribution in [0.15, 0.2) is 30.3 Å². The van der Waals surface area contributed by atoms with E-state index in [4.69, 9.17) is 0 Å². The Kier molecular flexibility index (Phi) is 2.95. The number of rotatable bonds is 1. The van der Waals surface area contributed by atoms with Crippen molar-refractivity contribution in [1.29, 1.82) is 0 Å². The minimum Gasteiger partial charge on any atom is -0.206 e. The van der Waals surface area contributed by atoms with Gasteiger partial charge in [-0.3, -0.25) is 0 Å². The number of alkyl halides is 3. The lowest BCUT2D eigenvalue weighted by Gasteiger charge is -2.08. The van der Waals surface area contributed by atoms with E-state index in [9.17, 15) is 17.6 Å². The van der Waals surface area contributed by atoms with Gasteiger partial charge in [-0.2, -0.15) is 13.2 Å². The summed E-state index contributed by atoms with van der Waals surface area (Å²) in [6.07, 6.45) is -4.51. The summed E-state index contributed by atoms with van der Waals surface area (Å²) in [7, 11) is 0. The van der Waals surface area contributed by atoms with E-state index >= 15 is 0 Å². The van der Waals surface area contributed by atoms with Gasteiger partial charge in [-0.25, -0.2) is 4.39 Å². The van der Waals surface area contributed by atoms with Crippen LogP contribution in [-0.2, 0) is 6.18 Å². The summed E-state index contributed by atoms with van der Waals surface area (Å²) in [6.45, 7) is 1.86. The monoisotopic (exact) mass is 260 g/mol. The molecule has 0 saturated heterocycles. The van der Waals surface area contributed by atoms with Gasteiger partial charge in [0, 0.05) is 15.3 Å². The van der Waals surface area contributed by atoms with Crippen LogP contribution < -0.4 is 0 Å². The van der Waals surface area contributed by atoms with Crippen LogP contribution in [0.1, 0.15) is 10.4 Å². The molecule has 5 heteroatoms. The smallest absolute Gasteiger partial charge is 0.206 e. The zero-order chi connectivity index (χ0) is 12.6. The first-order valence-electron chi connectivity index (χ1n) is 4.81. The van der Waals surface area contributed by atoms with Gasteiger partial charge >= 0.3 is 6.18 Å². The summed E-state index contributed by atoms with van der Waals surface area (Å²) in [5, 5.41) is 0. The van der Waals surface area contributed by atoms with Crippen molar-refractivity contribution in [3.63, 3.8) is 0 Å². The van der Waals surface area contributed by atoms with Crippen molar-refractivity contribution < 1.29 is 17.6 Å². The van der Waals surface area contributed by atoms with Gasteiger partial charge in [0.1, 0.15) is 5.82 Å². The highest BCUT2D eigenvalue weighted by Crippen LogP contribution is 2.34. The minimum atomic E-state index is -4.51. The Balaban J connectivity index is 2.45. The fraction of sp³-hybridized carbons (Fsp3) is 0.167. The first kappa shape index (κ1) is 12.1. The minimum absolute atomic E-state index is 0.205. The predicted molar refractivity (Wildman–Crippen MR) is 59.5 cm³/mol. The van der Waals surface area contributed by atoms with Gasteiger partial charge in [0.15, 0.2) is 0 Å². The Bertz CT molecular complexity index is 540. The molecule has 0 N–H and O–H groups in total. The Morgan fingerprint density at radius 1 is 1.06 bits per heavy atom. The van der Waals surface area contributed by atoms with Gasteiger partial charge < -0.3 is 0 Å². The van der Waals surface area contributed by atoms with Crippen LogP contribution in [0.25, 0.3) is 10.4 Å². The van der Waals surface area contributed by atoms with Crippen LogP contribution in [0.5, 0.6) is 0 Å². The van der Waals surface area contributed by atoms with E-state index in [0.29, 0.717) is 10.9 Å². The fourth-order valence-corrected chi connectivity index (χ4v) is 2.37. The molecule has 2 rings (SSSR count). The zero-order valence-corrected chi connectivity index (χ0v) is 9.62. The Hall–Kier alpha value is -1.36. The molecule has 1 aromatic carbocycles. The van der Waals surface area contributed by atoms with Crippen LogP contribution in [0.4, 0.5) is 17.6 Å². The third-order valence-electron chi connectivity index (χ3n) is 2.30. The number of thiophene rings is 1. The highest BCUT2D eigenvalue weighted by atomic mass is 32.1. The standard InChI is InChI=1S/C12H8F4S/c1-7-2-5-11(17-7)9-4-3-8(6-10(9)13)12(14,15)16/h2-6H,1H3. The fourth-order valence-electron chi connectivity index (χ4n) is 1.47. The van der Waals surface area contributed by atoms with Crippen molar-refractivity contribution in [3.05, 3.63) is 46.6 Å². The number of benzene rings is 1. The Labute approximate surface area is 99.5 Å². The van der Waals surface area contributed by atoms with E-state index in [0.717, 1.165) is 10.9 Å². The van der Waals surface area contributed by atoms with Gasteiger partial charge in [0.25, 0.3) is 0 Å². The van der Waals surface area contributed by atoms with Crippen molar-refractivity contribution in [3.8, 4) is 10.4 Å². The predicted octanol–water partition coefficient (Wildman–Crippen LogP) is 4.88. The molecule has 0 spiro atoms. The molecule has 0 atom stereocenters. The van der Waals surface area contributed by atoms with E-state index < -0.39 is 17.6 Å². The number of aryl methyl sites for hydroxylation is 1. The molecule has 17 heavy (non-hydrogen) atoms. The molecule has 0 nitrogen and oxygen atoms in total. The first-order valence-corrected chi connectivity index (χ1v) is 5.63. The third kappa shape index (κ3) is 2.49. The van der Waals surface area contributed by atoms with Crippen LogP contribution in [0.2, 0.25) is 0 Å². The van der Waals surface area contributed by atoms with Gasteiger partial charge in [-0.15, -0.1) is 11.3 Å². The average molecular weight is 260 g/mol. The lowest BCUT2D eigenvalue weighted by atomic mass is 10.1. The van der Waals surface area contributed by atoms with Crippen LogP contribution in [-0.4, -0.2) is 0 Å². The molecule has 0 radical (unpaired) electrons. The molecule has 0 aliphatic heterocycles. The molecule has 0 unspecified atom stereocenters. The summed E-state index contributed by atoms with van der Waals surface area (Å²) >= 11 is 1.35. The molecule has 1 aromatic heterocycles. The molecule has 0 aliphatic rings. The number of hydrogen-bond acceptors (Lipinski definition) is 1. The van der Waals surface area contributed by atoms with E-state index in [-0.39, 0.29) is 5.56 Å². The summed E-state index contributed by atoms with van der Waals surface area (Å²) < 4.78 is 50.6. The quantitative estimate of drug-likeness (QED) is 0.641. The van der Waals surface area contributed by atoms with Crippen LogP contribution in [0, 0.1) is 12.7 Å². The summed E-state index contributed by atoms with van der Waals surface area (Å²) in [6, 6.07) is 6.10. The van der Waals surface area contributed by atoms with Crippen LogP contribution >= 0.6 is 11.3 Å². The molecule has 90 valence electrons. The molecule has 0 fully saturated rings. The molecule has 0 amide bonds. The second kappa shape index (κ2) is 4.14. The van der Waals surface area contributed by atoms with Gasteiger partial charge in [0.05, 0.1) is 5.56 Å². The lowest BCUT2D eigenvalue weighted by Crippen LogP contribution is -2.05. The second-order valence-electron chi connectivity index (χ2n) is 3.60. The van der Waals surface area contributed by atoms with E-state index in [1.165, 1.54) is 17.4 Å². The number of hydrogen-bond donors (Lipinski definition) is 0. The van der Waals surface area contributed by atoms with Crippen molar-refractivity contribution in [2.45, 2.75) is 13.1 Å². The van der Waals surface area contributed by atoms with E-state index in [2.05, 4.69) is 0 Å². The molecular formula is C12H8F4S. The number of halogens is 4. The summed E-state index contributed by atoms with van der Waals surface area (Å²) in [5.41, 5.74) is -0.761. The maximum atomic E-state index is 13.6. The van der Waals surface area contributed by atoms with Crippen molar-refractivity contribution in [2.75, 3.05) is 0 Å². The van der Waals surface area contributed by atoms with Crippen molar-refractivity contribution >= 4 is 11.3 Å². The van der Waals surface area contributed by atoms with Gasteiger partial charge in [-0.05, 0) is 31.2 Å². The normalized spacial score (nSPS) is 11.8. The highest BCUT2D eigenvalue weighted by molar-refractivity contribution is 7.15. The van der Waals surface area contributed by atoms with Crippen molar-refractivity contribution in [2.24, 2.45) is 0 Å². The Morgan fingerprint density at radius 2 is 1.76 bits per heavy atom. The maximum Gasteiger partial charge on any atom is 0.416 e. The van der Waals surface area contributed by atoms with Gasteiger partial charge in [0.2, 0.25) is 0 Å². The first-order chi connectivity index (χ1) is 7.88.